The van der Waals surface area contributed by atoms with E-state index in [1.165, 1.54) is 30.3 Å². The number of hydrogen-bond donors (Lipinski definition) is 1. The molecule has 0 radical (unpaired) electrons. The smallest absolute Gasteiger partial charge is 0.387 e. The number of ether oxygens (including phenoxy) is 1. The lowest BCUT2D eigenvalue weighted by Gasteiger charge is -2.05. The first-order chi connectivity index (χ1) is 7.61. The SMILES string of the molecule is CC=CC(=O)Nc1ccc(OC(F)F)cc1. The van der Waals surface area contributed by atoms with Crippen molar-refractivity contribution >= 4 is 11.6 Å². The van der Waals surface area contributed by atoms with Crippen LogP contribution in [0.4, 0.5) is 14.5 Å². The molecular weight excluding hydrogens is 216 g/mol. The van der Waals surface area contributed by atoms with Crippen LogP contribution < -0.4 is 10.1 Å². The topological polar surface area (TPSA) is 38.3 Å². The first kappa shape index (κ1) is 12.2. The zero-order valence-corrected chi connectivity index (χ0v) is 8.61. The molecule has 0 saturated carbocycles. The van der Waals surface area contributed by atoms with Gasteiger partial charge < -0.3 is 10.1 Å². The highest BCUT2D eigenvalue weighted by Gasteiger charge is 2.04. The van der Waals surface area contributed by atoms with Gasteiger partial charge in [-0.2, -0.15) is 8.78 Å². The van der Waals surface area contributed by atoms with E-state index in [1.54, 1.807) is 13.0 Å². The van der Waals surface area contributed by atoms with Crippen molar-refractivity contribution in [3.8, 4) is 5.75 Å². The van der Waals surface area contributed by atoms with E-state index in [0.717, 1.165) is 0 Å². The third-order valence-corrected chi connectivity index (χ3v) is 1.67. The fraction of sp³-hybridized carbons (Fsp3) is 0.182. The Balaban J connectivity index is 2.61. The Morgan fingerprint density at radius 3 is 2.50 bits per heavy atom. The van der Waals surface area contributed by atoms with Crippen LogP contribution in [-0.2, 0) is 4.79 Å². The van der Waals surface area contributed by atoms with Gasteiger partial charge in [-0.15, -0.1) is 0 Å². The third kappa shape index (κ3) is 4.08. The molecule has 1 aromatic rings. The molecule has 1 aromatic carbocycles. The van der Waals surface area contributed by atoms with E-state index in [9.17, 15) is 13.6 Å². The molecule has 0 aromatic heterocycles. The first-order valence-corrected chi connectivity index (χ1v) is 4.60. The molecule has 5 heteroatoms. The Morgan fingerprint density at radius 2 is 2.00 bits per heavy atom. The highest BCUT2D eigenvalue weighted by Crippen LogP contribution is 2.17. The predicted octanol–water partition coefficient (Wildman–Crippen LogP) is 2.80. The summed E-state index contributed by atoms with van der Waals surface area (Å²) < 4.78 is 27.8. The minimum Gasteiger partial charge on any atom is -0.435 e. The molecule has 0 bridgehead atoms. The summed E-state index contributed by atoms with van der Waals surface area (Å²) in [5, 5.41) is 2.55. The average molecular weight is 227 g/mol. The second kappa shape index (κ2) is 5.85. The minimum atomic E-state index is -2.84. The highest BCUT2D eigenvalue weighted by molar-refractivity contribution is 5.99. The molecule has 1 rings (SSSR count). The summed E-state index contributed by atoms with van der Waals surface area (Å²) in [6.45, 7) is -1.12. The van der Waals surface area contributed by atoms with E-state index < -0.39 is 6.61 Å². The van der Waals surface area contributed by atoms with Crippen LogP contribution in [0.3, 0.4) is 0 Å². The zero-order chi connectivity index (χ0) is 12.0. The maximum absolute atomic E-state index is 11.8. The summed E-state index contributed by atoms with van der Waals surface area (Å²) in [6, 6.07) is 5.69. The predicted molar refractivity (Wildman–Crippen MR) is 56.5 cm³/mol. The molecule has 0 aliphatic carbocycles. The lowest BCUT2D eigenvalue weighted by molar-refractivity contribution is -0.111. The Morgan fingerprint density at radius 1 is 1.38 bits per heavy atom. The van der Waals surface area contributed by atoms with Crippen LogP contribution in [0, 0.1) is 0 Å². The summed E-state index contributed by atoms with van der Waals surface area (Å²) >= 11 is 0. The second-order valence-corrected chi connectivity index (χ2v) is 2.89. The first-order valence-electron chi connectivity index (χ1n) is 4.60. The number of amides is 1. The molecule has 0 fully saturated rings. The number of alkyl halides is 2. The maximum atomic E-state index is 11.8. The molecule has 1 N–H and O–H groups in total. The second-order valence-electron chi connectivity index (χ2n) is 2.89. The Labute approximate surface area is 91.7 Å². The summed E-state index contributed by atoms with van der Waals surface area (Å²) in [7, 11) is 0. The minimum absolute atomic E-state index is 0.0547. The maximum Gasteiger partial charge on any atom is 0.387 e. The molecule has 1 amide bonds. The molecule has 0 aliphatic rings. The number of allylic oxidation sites excluding steroid dienone is 1. The lowest BCUT2D eigenvalue weighted by Crippen LogP contribution is -2.07. The highest BCUT2D eigenvalue weighted by atomic mass is 19.3. The van der Waals surface area contributed by atoms with Crippen molar-refractivity contribution < 1.29 is 18.3 Å². The average Bonchev–Trinajstić information content (AvgIpc) is 2.20. The van der Waals surface area contributed by atoms with Crippen molar-refractivity contribution in [2.24, 2.45) is 0 Å². The molecule has 0 aliphatic heterocycles. The van der Waals surface area contributed by atoms with Crippen molar-refractivity contribution in [1.29, 1.82) is 0 Å². The zero-order valence-electron chi connectivity index (χ0n) is 8.61. The number of anilines is 1. The van der Waals surface area contributed by atoms with Crippen molar-refractivity contribution in [1.82, 2.24) is 0 Å². The monoisotopic (exact) mass is 227 g/mol. The summed E-state index contributed by atoms with van der Waals surface area (Å²) in [4.78, 5) is 11.1. The van der Waals surface area contributed by atoms with Crippen molar-refractivity contribution in [2.75, 3.05) is 5.32 Å². The van der Waals surface area contributed by atoms with E-state index in [1.807, 2.05) is 0 Å². The van der Waals surface area contributed by atoms with Gasteiger partial charge >= 0.3 is 6.61 Å². The molecule has 0 heterocycles. The van der Waals surface area contributed by atoms with Crippen LogP contribution in [0.15, 0.2) is 36.4 Å². The fourth-order valence-corrected chi connectivity index (χ4v) is 1.06. The van der Waals surface area contributed by atoms with Gasteiger partial charge in [-0.3, -0.25) is 4.79 Å². The van der Waals surface area contributed by atoms with Gasteiger partial charge in [0.05, 0.1) is 0 Å². The van der Waals surface area contributed by atoms with Crippen molar-refractivity contribution in [3.05, 3.63) is 36.4 Å². The molecule has 0 spiro atoms. The number of carbonyl (C=O) groups is 1. The number of carbonyl (C=O) groups excluding carboxylic acids is 1. The van der Waals surface area contributed by atoms with Gasteiger partial charge in [0, 0.05) is 5.69 Å². The van der Waals surface area contributed by atoms with Gasteiger partial charge in [0.1, 0.15) is 5.75 Å². The van der Waals surface area contributed by atoms with Gasteiger partial charge in [-0.1, -0.05) is 6.08 Å². The van der Waals surface area contributed by atoms with Crippen molar-refractivity contribution in [3.63, 3.8) is 0 Å². The molecule has 0 saturated heterocycles. The standard InChI is InChI=1S/C11H11F2NO2/c1-2-3-10(15)14-8-4-6-9(7-5-8)16-11(12)13/h2-7,11H,1H3,(H,14,15). The largest absolute Gasteiger partial charge is 0.435 e. The van der Waals surface area contributed by atoms with Crippen LogP contribution >= 0.6 is 0 Å². The van der Waals surface area contributed by atoms with Gasteiger partial charge in [0.15, 0.2) is 0 Å². The van der Waals surface area contributed by atoms with Crippen LogP contribution in [-0.4, -0.2) is 12.5 Å². The number of nitrogens with one attached hydrogen (secondary N) is 1. The van der Waals surface area contributed by atoms with Crippen LogP contribution in [0.5, 0.6) is 5.75 Å². The van der Waals surface area contributed by atoms with E-state index in [-0.39, 0.29) is 11.7 Å². The van der Waals surface area contributed by atoms with Crippen molar-refractivity contribution in [2.45, 2.75) is 13.5 Å². The summed E-state index contributed by atoms with van der Waals surface area (Å²) in [6.07, 6.45) is 2.97. The van der Waals surface area contributed by atoms with Gasteiger partial charge in [0.25, 0.3) is 0 Å². The number of benzene rings is 1. The molecule has 16 heavy (non-hydrogen) atoms. The number of hydrogen-bond acceptors (Lipinski definition) is 2. The Bertz CT molecular complexity index is 374. The molecule has 0 atom stereocenters. The van der Waals surface area contributed by atoms with Crippen LogP contribution in [0.2, 0.25) is 0 Å². The molecule has 86 valence electrons. The molecule has 0 unspecified atom stereocenters. The van der Waals surface area contributed by atoms with Crippen LogP contribution in [0.25, 0.3) is 0 Å². The molecular formula is C11H11F2NO2. The van der Waals surface area contributed by atoms with Gasteiger partial charge in [0.2, 0.25) is 5.91 Å². The number of halogens is 2. The number of rotatable bonds is 4. The van der Waals surface area contributed by atoms with E-state index in [2.05, 4.69) is 10.1 Å². The Hall–Kier alpha value is -1.91. The van der Waals surface area contributed by atoms with Gasteiger partial charge in [-0.05, 0) is 37.3 Å². The fourth-order valence-electron chi connectivity index (χ4n) is 1.06. The quantitative estimate of drug-likeness (QED) is 0.803. The normalized spacial score (nSPS) is 10.8. The van der Waals surface area contributed by atoms with E-state index >= 15 is 0 Å². The van der Waals surface area contributed by atoms with Crippen LogP contribution in [0.1, 0.15) is 6.92 Å². The lowest BCUT2D eigenvalue weighted by atomic mass is 10.3. The van der Waals surface area contributed by atoms with Gasteiger partial charge in [-0.25, -0.2) is 0 Å². The summed E-state index contributed by atoms with van der Waals surface area (Å²) in [5.41, 5.74) is 0.518. The van der Waals surface area contributed by atoms with E-state index in [0.29, 0.717) is 5.69 Å². The third-order valence-electron chi connectivity index (χ3n) is 1.67. The Kier molecular flexibility index (Phi) is 4.44. The summed E-state index contributed by atoms with van der Waals surface area (Å²) in [5.74, 6) is -0.218. The molecule has 3 nitrogen and oxygen atoms in total. The van der Waals surface area contributed by atoms with E-state index in [4.69, 9.17) is 0 Å².